The highest BCUT2D eigenvalue weighted by atomic mass is 16.6. The van der Waals surface area contributed by atoms with Crippen LogP contribution >= 0.6 is 0 Å². The standard InChI is InChI=1S/C20H18N4O5/c1-2-29-17-9-5-15(6-10-17)21-19(25)13-23-20(26)12-11-18(22-23)14-3-7-16(8-4-14)24(27)28/h3-12H,2,13H2,1H3,(H,21,25). The molecule has 3 aromatic rings. The lowest BCUT2D eigenvalue weighted by molar-refractivity contribution is -0.384. The number of ether oxygens (including phenoxy) is 1. The van der Waals surface area contributed by atoms with Crippen molar-refractivity contribution in [2.24, 2.45) is 0 Å². The summed E-state index contributed by atoms with van der Waals surface area (Å²) in [5, 5.41) is 17.7. The maximum Gasteiger partial charge on any atom is 0.269 e. The van der Waals surface area contributed by atoms with Gasteiger partial charge in [-0.15, -0.1) is 0 Å². The fraction of sp³-hybridized carbons (Fsp3) is 0.150. The molecule has 0 atom stereocenters. The molecule has 1 amide bonds. The van der Waals surface area contributed by atoms with E-state index in [1.807, 2.05) is 6.92 Å². The van der Waals surface area contributed by atoms with Gasteiger partial charge in [0.2, 0.25) is 5.91 Å². The third-order valence-corrected chi connectivity index (χ3v) is 3.98. The molecule has 0 radical (unpaired) electrons. The van der Waals surface area contributed by atoms with Gasteiger partial charge < -0.3 is 10.1 Å². The van der Waals surface area contributed by atoms with E-state index in [2.05, 4.69) is 10.4 Å². The first-order chi connectivity index (χ1) is 14.0. The minimum absolute atomic E-state index is 0.0446. The Kier molecular flexibility index (Phi) is 5.98. The van der Waals surface area contributed by atoms with Crippen molar-refractivity contribution in [2.75, 3.05) is 11.9 Å². The maximum absolute atomic E-state index is 12.3. The second-order valence-corrected chi connectivity index (χ2v) is 6.02. The minimum atomic E-state index is -0.497. The van der Waals surface area contributed by atoms with Crippen molar-refractivity contribution in [3.05, 3.63) is 81.1 Å². The topological polar surface area (TPSA) is 116 Å². The van der Waals surface area contributed by atoms with E-state index >= 15 is 0 Å². The highest BCUT2D eigenvalue weighted by Crippen LogP contribution is 2.20. The molecule has 0 aliphatic rings. The van der Waals surface area contributed by atoms with Crippen molar-refractivity contribution in [1.82, 2.24) is 9.78 Å². The number of nitrogens with zero attached hydrogens (tertiary/aromatic N) is 3. The van der Waals surface area contributed by atoms with Crippen LogP contribution in [0.1, 0.15) is 6.92 Å². The van der Waals surface area contributed by atoms with Gasteiger partial charge in [-0.3, -0.25) is 19.7 Å². The molecular weight excluding hydrogens is 376 g/mol. The van der Waals surface area contributed by atoms with E-state index < -0.39 is 16.4 Å². The highest BCUT2D eigenvalue weighted by molar-refractivity contribution is 5.90. The predicted octanol–water partition coefficient (Wildman–Crippen LogP) is 2.86. The number of carbonyl (C=O) groups excluding carboxylic acids is 1. The summed E-state index contributed by atoms with van der Waals surface area (Å²) >= 11 is 0. The lowest BCUT2D eigenvalue weighted by Gasteiger charge is -2.09. The number of hydrogen-bond donors (Lipinski definition) is 1. The van der Waals surface area contributed by atoms with Gasteiger partial charge in [-0.05, 0) is 49.4 Å². The second-order valence-electron chi connectivity index (χ2n) is 6.02. The molecule has 0 unspecified atom stereocenters. The van der Waals surface area contributed by atoms with Crippen LogP contribution in [0, 0.1) is 10.1 Å². The van der Waals surface area contributed by atoms with Gasteiger partial charge in [-0.2, -0.15) is 5.10 Å². The zero-order valence-electron chi connectivity index (χ0n) is 15.6. The quantitative estimate of drug-likeness (QED) is 0.486. The summed E-state index contributed by atoms with van der Waals surface area (Å²) in [7, 11) is 0. The van der Waals surface area contributed by atoms with Crippen molar-refractivity contribution in [3.63, 3.8) is 0 Å². The highest BCUT2D eigenvalue weighted by Gasteiger charge is 2.10. The van der Waals surface area contributed by atoms with Crippen molar-refractivity contribution in [3.8, 4) is 17.0 Å². The summed E-state index contributed by atoms with van der Waals surface area (Å²) in [5.41, 5.74) is 1.11. The molecule has 0 aliphatic heterocycles. The van der Waals surface area contributed by atoms with E-state index in [9.17, 15) is 19.7 Å². The number of amides is 1. The van der Waals surface area contributed by atoms with Gasteiger partial charge in [-0.25, -0.2) is 4.68 Å². The third-order valence-electron chi connectivity index (χ3n) is 3.98. The molecule has 0 saturated heterocycles. The average Bonchev–Trinajstić information content (AvgIpc) is 2.71. The number of non-ortho nitro benzene ring substituents is 1. The number of aromatic nitrogens is 2. The molecule has 0 aliphatic carbocycles. The van der Waals surface area contributed by atoms with Crippen LogP contribution in [0.25, 0.3) is 11.3 Å². The van der Waals surface area contributed by atoms with Crippen LogP contribution in [0.2, 0.25) is 0 Å². The van der Waals surface area contributed by atoms with Crippen molar-refractivity contribution in [2.45, 2.75) is 13.5 Å². The van der Waals surface area contributed by atoms with Crippen molar-refractivity contribution >= 4 is 17.3 Å². The van der Waals surface area contributed by atoms with Crippen LogP contribution in [0.5, 0.6) is 5.75 Å². The number of nitro groups is 1. The van der Waals surface area contributed by atoms with Gasteiger partial charge in [0, 0.05) is 29.4 Å². The summed E-state index contributed by atoms with van der Waals surface area (Å²) in [4.78, 5) is 34.6. The van der Waals surface area contributed by atoms with Crippen LogP contribution in [0.4, 0.5) is 11.4 Å². The molecule has 2 aromatic carbocycles. The fourth-order valence-corrected chi connectivity index (χ4v) is 2.61. The molecule has 0 bridgehead atoms. The van der Waals surface area contributed by atoms with Gasteiger partial charge in [0.25, 0.3) is 11.2 Å². The van der Waals surface area contributed by atoms with Crippen LogP contribution in [0.3, 0.4) is 0 Å². The van der Waals surface area contributed by atoms with E-state index in [4.69, 9.17) is 4.74 Å². The zero-order chi connectivity index (χ0) is 20.8. The first-order valence-electron chi connectivity index (χ1n) is 8.82. The Morgan fingerprint density at radius 2 is 1.79 bits per heavy atom. The molecule has 0 spiro atoms. The monoisotopic (exact) mass is 394 g/mol. The Morgan fingerprint density at radius 3 is 2.41 bits per heavy atom. The van der Waals surface area contributed by atoms with Crippen molar-refractivity contribution < 1.29 is 14.5 Å². The number of carbonyl (C=O) groups is 1. The lowest BCUT2D eigenvalue weighted by Crippen LogP contribution is -2.29. The summed E-state index contributed by atoms with van der Waals surface area (Å²) in [5.74, 6) is 0.281. The van der Waals surface area contributed by atoms with Crippen LogP contribution < -0.4 is 15.6 Å². The van der Waals surface area contributed by atoms with E-state index in [-0.39, 0.29) is 12.2 Å². The minimum Gasteiger partial charge on any atom is -0.494 e. The van der Waals surface area contributed by atoms with Crippen LogP contribution in [0.15, 0.2) is 65.5 Å². The SMILES string of the molecule is CCOc1ccc(NC(=O)Cn2nc(-c3ccc([N+](=O)[O-])cc3)ccc2=O)cc1. The van der Waals surface area contributed by atoms with E-state index in [1.54, 1.807) is 24.3 Å². The molecule has 0 saturated carbocycles. The smallest absolute Gasteiger partial charge is 0.269 e. The largest absolute Gasteiger partial charge is 0.494 e. The number of rotatable bonds is 7. The Hall–Kier alpha value is -4.01. The maximum atomic E-state index is 12.3. The molecule has 148 valence electrons. The fourth-order valence-electron chi connectivity index (χ4n) is 2.61. The van der Waals surface area contributed by atoms with Gasteiger partial charge in [0.1, 0.15) is 12.3 Å². The molecule has 1 N–H and O–H groups in total. The molecule has 1 heterocycles. The number of anilines is 1. The molecule has 0 fully saturated rings. The first-order valence-corrected chi connectivity index (χ1v) is 8.82. The Balaban J connectivity index is 1.73. The van der Waals surface area contributed by atoms with E-state index in [1.165, 1.54) is 36.4 Å². The average molecular weight is 394 g/mol. The van der Waals surface area contributed by atoms with Crippen LogP contribution in [-0.2, 0) is 11.3 Å². The molecule has 29 heavy (non-hydrogen) atoms. The first kappa shape index (κ1) is 19.7. The van der Waals surface area contributed by atoms with Gasteiger partial charge in [0.15, 0.2) is 0 Å². The molecule has 9 heteroatoms. The van der Waals surface area contributed by atoms with Crippen LogP contribution in [-0.4, -0.2) is 27.2 Å². The molecule has 3 rings (SSSR count). The summed E-state index contributed by atoms with van der Waals surface area (Å²) in [6.07, 6.45) is 0. The third kappa shape index (κ3) is 5.04. The Labute approximate surface area is 165 Å². The molecule has 9 nitrogen and oxygen atoms in total. The predicted molar refractivity (Wildman–Crippen MR) is 107 cm³/mol. The number of nitrogens with one attached hydrogen (secondary N) is 1. The van der Waals surface area contributed by atoms with Gasteiger partial charge in [0.05, 0.1) is 17.2 Å². The summed E-state index contributed by atoms with van der Waals surface area (Å²) < 4.78 is 6.39. The summed E-state index contributed by atoms with van der Waals surface area (Å²) in [6.45, 7) is 2.16. The Bertz CT molecular complexity index is 1080. The van der Waals surface area contributed by atoms with E-state index in [0.717, 1.165) is 4.68 Å². The normalized spacial score (nSPS) is 10.4. The van der Waals surface area contributed by atoms with Gasteiger partial charge >= 0.3 is 0 Å². The second kappa shape index (κ2) is 8.79. The van der Waals surface area contributed by atoms with Crippen molar-refractivity contribution in [1.29, 1.82) is 0 Å². The molecule has 1 aromatic heterocycles. The number of benzene rings is 2. The number of hydrogen-bond acceptors (Lipinski definition) is 6. The Morgan fingerprint density at radius 1 is 1.10 bits per heavy atom. The van der Waals surface area contributed by atoms with E-state index in [0.29, 0.717) is 29.3 Å². The number of nitro benzene ring substituents is 1. The zero-order valence-corrected chi connectivity index (χ0v) is 15.6. The van der Waals surface area contributed by atoms with Gasteiger partial charge in [-0.1, -0.05) is 0 Å². The molecular formula is C20H18N4O5. The summed E-state index contributed by atoms with van der Waals surface area (Å²) in [6, 6.07) is 15.5. The lowest BCUT2D eigenvalue weighted by atomic mass is 10.1.